The van der Waals surface area contributed by atoms with Crippen LogP contribution < -0.4 is 4.90 Å². The lowest BCUT2D eigenvalue weighted by atomic mass is 10.1. The monoisotopic (exact) mass is 275 g/mol. The minimum Gasteiger partial charge on any atom is -0.378 e. The molecule has 1 N–H and O–H groups in total. The van der Waals surface area contributed by atoms with Crippen LogP contribution in [0.25, 0.3) is 0 Å². The number of aromatic nitrogens is 2. The number of fused-ring (bicyclic) bond motifs is 1. The van der Waals surface area contributed by atoms with Crippen LogP contribution in [0.15, 0.2) is 40.6 Å². The SMILES string of the molecule is CN1C(=O)C(O)c2ccc(Sc3nccn3C)cc21. The number of hydrogen-bond acceptors (Lipinski definition) is 4. The Kier molecular flexibility index (Phi) is 2.83. The van der Waals surface area contributed by atoms with E-state index in [2.05, 4.69) is 4.98 Å². The van der Waals surface area contributed by atoms with Crippen LogP contribution in [0.3, 0.4) is 0 Å². The van der Waals surface area contributed by atoms with E-state index in [9.17, 15) is 9.90 Å². The molecule has 2 heterocycles. The van der Waals surface area contributed by atoms with Crippen LogP contribution in [0.1, 0.15) is 11.7 Å². The molecule has 0 aliphatic carbocycles. The number of aryl methyl sites for hydroxylation is 1. The number of imidazole rings is 1. The van der Waals surface area contributed by atoms with Gasteiger partial charge in [-0.2, -0.15) is 0 Å². The Labute approximate surface area is 114 Å². The Hall–Kier alpha value is -1.79. The molecule has 0 bridgehead atoms. The number of hydrogen-bond donors (Lipinski definition) is 1. The fourth-order valence-corrected chi connectivity index (χ4v) is 2.94. The van der Waals surface area contributed by atoms with Crippen molar-refractivity contribution in [3.8, 4) is 0 Å². The Bertz CT molecular complexity index is 653. The first kappa shape index (κ1) is 12.3. The molecule has 1 aliphatic rings. The molecule has 0 fully saturated rings. The lowest BCUT2D eigenvalue weighted by Gasteiger charge is -2.10. The van der Waals surface area contributed by atoms with Crippen LogP contribution >= 0.6 is 11.8 Å². The molecule has 5 nitrogen and oxygen atoms in total. The molecule has 0 radical (unpaired) electrons. The van der Waals surface area contributed by atoms with E-state index in [0.29, 0.717) is 5.56 Å². The normalized spacial score (nSPS) is 17.9. The highest BCUT2D eigenvalue weighted by molar-refractivity contribution is 7.99. The van der Waals surface area contributed by atoms with Crippen molar-refractivity contribution in [2.45, 2.75) is 16.2 Å². The average molecular weight is 275 g/mol. The maximum absolute atomic E-state index is 11.7. The van der Waals surface area contributed by atoms with Gasteiger partial charge >= 0.3 is 0 Å². The van der Waals surface area contributed by atoms with E-state index in [1.54, 1.807) is 19.3 Å². The molecule has 98 valence electrons. The number of aliphatic hydroxyl groups is 1. The van der Waals surface area contributed by atoms with Gasteiger partial charge in [0.25, 0.3) is 5.91 Å². The number of likely N-dealkylation sites (N-methyl/N-ethyl adjacent to an activating group) is 1. The molecular weight excluding hydrogens is 262 g/mol. The summed E-state index contributed by atoms with van der Waals surface area (Å²) in [6, 6.07) is 5.60. The van der Waals surface area contributed by atoms with Crippen molar-refractivity contribution >= 4 is 23.4 Å². The number of rotatable bonds is 2. The van der Waals surface area contributed by atoms with Gasteiger partial charge in [-0.15, -0.1) is 0 Å². The van der Waals surface area contributed by atoms with Crippen molar-refractivity contribution in [2.75, 3.05) is 11.9 Å². The summed E-state index contributed by atoms with van der Waals surface area (Å²) in [5.74, 6) is -0.283. The van der Waals surface area contributed by atoms with Crippen LogP contribution in [0.2, 0.25) is 0 Å². The summed E-state index contributed by atoms with van der Waals surface area (Å²) in [5.41, 5.74) is 1.42. The van der Waals surface area contributed by atoms with Gasteiger partial charge in [0.15, 0.2) is 11.3 Å². The first-order valence-corrected chi connectivity index (χ1v) is 6.64. The third kappa shape index (κ3) is 1.93. The van der Waals surface area contributed by atoms with E-state index in [1.807, 2.05) is 29.9 Å². The summed E-state index contributed by atoms with van der Waals surface area (Å²) in [6.45, 7) is 0. The van der Waals surface area contributed by atoms with Gasteiger partial charge in [-0.25, -0.2) is 4.98 Å². The Balaban J connectivity index is 1.95. The molecular formula is C13H13N3O2S. The lowest BCUT2D eigenvalue weighted by Crippen LogP contribution is -2.23. The fraction of sp³-hybridized carbons (Fsp3) is 0.231. The Morgan fingerprint density at radius 2 is 2.16 bits per heavy atom. The van der Waals surface area contributed by atoms with Gasteiger partial charge in [0.2, 0.25) is 0 Å². The van der Waals surface area contributed by atoms with Crippen molar-refractivity contribution in [1.29, 1.82) is 0 Å². The zero-order chi connectivity index (χ0) is 13.6. The highest BCUT2D eigenvalue weighted by Gasteiger charge is 2.33. The standard InChI is InChI=1S/C13H13N3O2S/c1-15-6-5-14-13(15)19-8-3-4-9-10(7-8)16(2)12(18)11(9)17/h3-7,11,17H,1-2H3. The van der Waals surface area contributed by atoms with Gasteiger partial charge < -0.3 is 14.6 Å². The van der Waals surface area contributed by atoms with E-state index in [4.69, 9.17) is 0 Å². The summed E-state index contributed by atoms with van der Waals surface area (Å²) in [4.78, 5) is 18.4. The van der Waals surface area contributed by atoms with E-state index < -0.39 is 6.10 Å². The third-order valence-corrected chi connectivity index (χ3v) is 4.27. The second kappa shape index (κ2) is 4.40. The Morgan fingerprint density at radius 1 is 1.37 bits per heavy atom. The average Bonchev–Trinajstić information content (AvgIpc) is 2.89. The number of carbonyl (C=O) groups excluding carboxylic acids is 1. The lowest BCUT2D eigenvalue weighted by molar-refractivity contribution is -0.125. The second-order valence-corrected chi connectivity index (χ2v) is 5.48. The van der Waals surface area contributed by atoms with Gasteiger partial charge in [0.05, 0.1) is 5.69 Å². The van der Waals surface area contributed by atoms with Crippen molar-refractivity contribution in [2.24, 2.45) is 7.05 Å². The molecule has 1 amide bonds. The first-order chi connectivity index (χ1) is 9.08. The zero-order valence-electron chi connectivity index (χ0n) is 10.6. The van der Waals surface area contributed by atoms with Crippen LogP contribution in [0.4, 0.5) is 5.69 Å². The van der Waals surface area contributed by atoms with E-state index >= 15 is 0 Å². The van der Waals surface area contributed by atoms with E-state index in [0.717, 1.165) is 15.7 Å². The maximum atomic E-state index is 11.7. The van der Waals surface area contributed by atoms with Gasteiger partial charge in [-0.05, 0) is 12.1 Å². The minimum atomic E-state index is -1.03. The first-order valence-electron chi connectivity index (χ1n) is 5.82. The third-order valence-electron chi connectivity index (χ3n) is 3.21. The van der Waals surface area contributed by atoms with Gasteiger partial charge in [-0.3, -0.25) is 4.79 Å². The van der Waals surface area contributed by atoms with E-state index in [-0.39, 0.29) is 5.91 Å². The molecule has 1 atom stereocenters. The molecule has 1 aromatic carbocycles. The molecule has 3 rings (SSSR count). The highest BCUT2D eigenvalue weighted by Crippen LogP contribution is 2.38. The van der Waals surface area contributed by atoms with Crippen molar-refractivity contribution in [3.05, 3.63) is 36.2 Å². The number of aliphatic hydroxyl groups excluding tert-OH is 1. The quantitative estimate of drug-likeness (QED) is 0.904. The second-order valence-electron chi connectivity index (χ2n) is 4.44. The predicted octanol–water partition coefficient (Wildman–Crippen LogP) is 1.58. The highest BCUT2D eigenvalue weighted by atomic mass is 32.2. The summed E-state index contributed by atoms with van der Waals surface area (Å²) < 4.78 is 1.93. The van der Waals surface area contributed by atoms with Crippen LogP contribution in [0, 0.1) is 0 Å². The molecule has 1 aliphatic heterocycles. The molecule has 6 heteroatoms. The maximum Gasteiger partial charge on any atom is 0.260 e. The van der Waals surface area contributed by atoms with Crippen LogP contribution in [-0.4, -0.2) is 27.6 Å². The van der Waals surface area contributed by atoms with Crippen molar-refractivity contribution in [3.63, 3.8) is 0 Å². The smallest absolute Gasteiger partial charge is 0.260 e. The predicted molar refractivity (Wildman–Crippen MR) is 72.1 cm³/mol. The molecule has 1 aromatic heterocycles. The molecule has 0 saturated heterocycles. The zero-order valence-corrected chi connectivity index (χ0v) is 11.4. The number of nitrogens with zero attached hydrogens (tertiary/aromatic N) is 3. The van der Waals surface area contributed by atoms with Crippen molar-refractivity contribution in [1.82, 2.24) is 9.55 Å². The summed E-state index contributed by atoms with van der Waals surface area (Å²) in [5, 5.41) is 10.7. The number of amides is 1. The molecule has 1 unspecified atom stereocenters. The number of anilines is 1. The fourth-order valence-electron chi connectivity index (χ4n) is 2.10. The van der Waals surface area contributed by atoms with Crippen LogP contribution in [0.5, 0.6) is 0 Å². The molecule has 19 heavy (non-hydrogen) atoms. The molecule has 2 aromatic rings. The van der Waals surface area contributed by atoms with Gasteiger partial charge in [0, 0.05) is 36.9 Å². The Morgan fingerprint density at radius 3 is 2.84 bits per heavy atom. The van der Waals surface area contributed by atoms with Gasteiger partial charge in [-0.1, -0.05) is 17.8 Å². The largest absolute Gasteiger partial charge is 0.378 e. The van der Waals surface area contributed by atoms with Crippen molar-refractivity contribution < 1.29 is 9.90 Å². The van der Waals surface area contributed by atoms with Crippen LogP contribution in [-0.2, 0) is 11.8 Å². The summed E-state index contributed by atoms with van der Waals surface area (Å²) >= 11 is 1.52. The molecule has 0 saturated carbocycles. The summed E-state index contributed by atoms with van der Waals surface area (Å²) in [6.07, 6.45) is 2.59. The minimum absolute atomic E-state index is 0.283. The number of benzene rings is 1. The van der Waals surface area contributed by atoms with Gasteiger partial charge in [0.1, 0.15) is 0 Å². The number of carbonyl (C=O) groups is 1. The van der Waals surface area contributed by atoms with E-state index in [1.165, 1.54) is 16.7 Å². The molecule has 0 spiro atoms. The summed E-state index contributed by atoms with van der Waals surface area (Å²) in [7, 11) is 3.61. The topological polar surface area (TPSA) is 58.4 Å².